The lowest BCUT2D eigenvalue weighted by molar-refractivity contribution is -0.140. The quantitative estimate of drug-likeness (QED) is 0.602. The Morgan fingerprint density at radius 1 is 1.60 bits per heavy atom. The zero-order chi connectivity index (χ0) is 11.4. The lowest BCUT2D eigenvalue weighted by Gasteiger charge is -2.26. The lowest BCUT2D eigenvalue weighted by Crippen LogP contribution is -2.40. The van der Waals surface area contributed by atoms with E-state index in [0.717, 1.165) is 0 Å². The predicted molar refractivity (Wildman–Crippen MR) is 51.1 cm³/mol. The number of nitrogens with one attached hydrogen (secondary N) is 1. The van der Waals surface area contributed by atoms with Crippen LogP contribution in [-0.2, 0) is 14.4 Å². The number of carboxylic acids is 1. The molecule has 2 amide bonds. The van der Waals surface area contributed by atoms with Gasteiger partial charge < -0.3 is 15.3 Å². The summed E-state index contributed by atoms with van der Waals surface area (Å²) in [6.45, 7) is 2.43. The fourth-order valence-electron chi connectivity index (χ4n) is 1.57. The molecule has 0 bridgehead atoms. The zero-order valence-electron chi connectivity index (χ0n) is 8.52. The molecule has 6 heteroatoms. The van der Waals surface area contributed by atoms with Gasteiger partial charge in [0.1, 0.15) is 6.42 Å². The van der Waals surface area contributed by atoms with Gasteiger partial charge in [0, 0.05) is 19.1 Å². The molecular formula is C9H14N2O4. The van der Waals surface area contributed by atoms with Crippen LogP contribution < -0.4 is 5.32 Å². The van der Waals surface area contributed by atoms with E-state index in [-0.39, 0.29) is 30.7 Å². The van der Waals surface area contributed by atoms with Crippen LogP contribution in [0.4, 0.5) is 0 Å². The van der Waals surface area contributed by atoms with E-state index >= 15 is 0 Å². The maximum Gasteiger partial charge on any atom is 0.305 e. The molecule has 0 aliphatic carbocycles. The van der Waals surface area contributed by atoms with Crippen molar-refractivity contribution in [1.29, 1.82) is 0 Å². The van der Waals surface area contributed by atoms with Gasteiger partial charge in [-0.25, -0.2) is 0 Å². The molecule has 15 heavy (non-hydrogen) atoms. The molecule has 1 atom stereocenters. The van der Waals surface area contributed by atoms with Crippen molar-refractivity contribution in [3.63, 3.8) is 0 Å². The van der Waals surface area contributed by atoms with E-state index in [4.69, 9.17) is 5.11 Å². The van der Waals surface area contributed by atoms with Crippen molar-refractivity contribution in [2.75, 3.05) is 13.1 Å². The van der Waals surface area contributed by atoms with Crippen LogP contribution in [0.15, 0.2) is 0 Å². The number of amides is 2. The molecule has 0 aromatic rings. The molecule has 1 aliphatic rings. The fourth-order valence-corrected chi connectivity index (χ4v) is 1.57. The van der Waals surface area contributed by atoms with Crippen LogP contribution >= 0.6 is 0 Å². The maximum atomic E-state index is 11.5. The number of carbonyl (C=O) groups is 3. The van der Waals surface area contributed by atoms with E-state index in [1.54, 1.807) is 6.92 Å². The maximum absolute atomic E-state index is 11.5. The van der Waals surface area contributed by atoms with Crippen molar-refractivity contribution in [2.45, 2.75) is 25.8 Å². The van der Waals surface area contributed by atoms with E-state index in [0.29, 0.717) is 13.1 Å². The van der Waals surface area contributed by atoms with Gasteiger partial charge in [-0.15, -0.1) is 0 Å². The molecular weight excluding hydrogens is 200 g/mol. The summed E-state index contributed by atoms with van der Waals surface area (Å²) in [5.74, 6) is -1.55. The summed E-state index contributed by atoms with van der Waals surface area (Å²) in [5.41, 5.74) is 0. The Hall–Kier alpha value is -1.59. The first-order valence-electron chi connectivity index (χ1n) is 4.78. The summed E-state index contributed by atoms with van der Waals surface area (Å²) in [6, 6.07) is -0.373. The van der Waals surface area contributed by atoms with Crippen molar-refractivity contribution < 1.29 is 19.5 Å². The normalized spacial score (nSPS) is 19.4. The molecule has 1 saturated heterocycles. The van der Waals surface area contributed by atoms with Gasteiger partial charge in [-0.3, -0.25) is 14.4 Å². The summed E-state index contributed by atoms with van der Waals surface area (Å²) < 4.78 is 0. The number of carboxylic acid groups (broad SMARTS) is 1. The van der Waals surface area contributed by atoms with Gasteiger partial charge in [0.15, 0.2) is 0 Å². The molecule has 0 aromatic heterocycles. The van der Waals surface area contributed by atoms with Crippen LogP contribution in [-0.4, -0.2) is 46.9 Å². The topological polar surface area (TPSA) is 86.7 Å². The average molecular weight is 214 g/mol. The molecule has 1 aliphatic heterocycles. The largest absolute Gasteiger partial charge is 0.481 e. The first-order chi connectivity index (χ1) is 7.00. The highest BCUT2D eigenvalue weighted by Gasteiger charge is 2.26. The fraction of sp³-hybridized carbons (Fsp3) is 0.667. The first kappa shape index (κ1) is 11.5. The second-order valence-electron chi connectivity index (χ2n) is 3.56. The van der Waals surface area contributed by atoms with Crippen LogP contribution in [0.2, 0.25) is 0 Å². The van der Waals surface area contributed by atoms with Gasteiger partial charge in [-0.1, -0.05) is 0 Å². The number of rotatable bonds is 3. The van der Waals surface area contributed by atoms with E-state index in [1.807, 2.05) is 0 Å². The predicted octanol–water partition coefficient (Wildman–Crippen LogP) is -0.802. The second-order valence-corrected chi connectivity index (χ2v) is 3.56. The Morgan fingerprint density at radius 3 is 2.87 bits per heavy atom. The SMILES string of the molecule is CC(CC(=O)O)N1CCNC(=O)CC1=O. The Bertz CT molecular complexity index is 290. The summed E-state index contributed by atoms with van der Waals surface area (Å²) in [5, 5.41) is 11.2. The number of nitrogens with zero attached hydrogens (tertiary/aromatic N) is 1. The highest BCUT2D eigenvalue weighted by atomic mass is 16.4. The molecule has 1 heterocycles. The van der Waals surface area contributed by atoms with Crippen LogP contribution in [0.1, 0.15) is 19.8 Å². The van der Waals surface area contributed by atoms with E-state index in [9.17, 15) is 14.4 Å². The molecule has 84 valence electrons. The van der Waals surface area contributed by atoms with Crippen molar-refractivity contribution in [1.82, 2.24) is 10.2 Å². The molecule has 2 N–H and O–H groups in total. The minimum atomic E-state index is -0.946. The van der Waals surface area contributed by atoms with Gasteiger partial charge in [0.2, 0.25) is 11.8 Å². The molecule has 6 nitrogen and oxygen atoms in total. The third kappa shape index (κ3) is 3.23. The number of hydrogen-bond donors (Lipinski definition) is 2. The van der Waals surface area contributed by atoms with Crippen molar-refractivity contribution in [2.24, 2.45) is 0 Å². The number of hydrogen-bond acceptors (Lipinski definition) is 3. The third-order valence-electron chi connectivity index (χ3n) is 2.31. The number of carbonyl (C=O) groups excluding carboxylic acids is 2. The highest BCUT2D eigenvalue weighted by Crippen LogP contribution is 2.08. The van der Waals surface area contributed by atoms with Crippen molar-refractivity contribution >= 4 is 17.8 Å². The van der Waals surface area contributed by atoms with Gasteiger partial charge in [0.25, 0.3) is 0 Å². The zero-order valence-corrected chi connectivity index (χ0v) is 8.52. The number of aliphatic carboxylic acids is 1. The van der Waals surface area contributed by atoms with Crippen LogP contribution in [0.25, 0.3) is 0 Å². The molecule has 0 saturated carbocycles. The minimum Gasteiger partial charge on any atom is -0.481 e. The molecule has 1 unspecified atom stereocenters. The van der Waals surface area contributed by atoms with Crippen molar-refractivity contribution in [3.05, 3.63) is 0 Å². The lowest BCUT2D eigenvalue weighted by atomic mass is 10.2. The smallest absolute Gasteiger partial charge is 0.305 e. The van der Waals surface area contributed by atoms with E-state index in [2.05, 4.69) is 5.32 Å². The summed E-state index contributed by atoms with van der Waals surface area (Å²) in [4.78, 5) is 34.5. The Balaban J connectivity index is 2.62. The highest BCUT2D eigenvalue weighted by molar-refractivity contribution is 5.97. The Labute approximate surface area is 87.2 Å². The van der Waals surface area contributed by atoms with Crippen molar-refractivity contribution in [3.8, 4) is 0 Å². The third-order valence-corrected chi connectivity index (χ3v) is 2.31. The summed E-state index contributed by atoms with van der Waals surface area (Å²) in [6.07, 6.45) is -0.288. The van der Waals surface area contributed by atoms with Gasteiger partial charge in [-0.2, -0.15) is 0 Å². The Morgan fingerprint density at radius 2 is 2.27 bits per heavy atom. The summed E-state index contributed by atoms with van der Waals surface area (Å²) in [7, 11) is 0. The standard InChI is InChI=1S/C9H14N2O4/c1-6(4-9(14)15)11-3-2-10-7(12)5-8(11)13/h6H,2-5H2,1H3,(H,10,12)(H,14,15). The summed E-state index contributed by atoms with van der Waals surface area (Å²) >= 11 is 0. The second kappa shape index (κ2) is 4.77. The van der Waals surface area contributed by atoms with Crippen LogP contribution in [0, 0.1) is 0 Å². The van der Waals surface area contributed by atoms with Gasteiger partial charge in [0.05, 0.1) is 6.42 Å². The first-order valence-corrected chi connectivity index (χ1v) is 4.78. The molecule has 1 rings (SSSR count). The monoisotopic (exact) mass is 214 g/mol. The van der Waals surface area contributed by atoms with Gasteiger partial charge >= 0.3 is 5.97 Å². The van der Waals surface area contributed by atoms with Crippen LogP contribution in [0.3, 0.4) is 0 Å². The van der Waals surface area contributed by atoms with Crippen LogP contribution in [0.5, 0.6) is 0 Å². The van der Waals surface area contributed by atoms with E-state index in [1.165, 1.54) is 4.90 Å². The molecule has 0 aromatic carbocycles. The Kier molecular flexibility index (Phi) is 3.65. The van der Waals surface area contributed by atoms with E-state index < -0.39 is 5.97 Å². The minimum absolute atomic E-state index is 0.0973. The average Bonchev–Trinajstić information content (AvgIpc) is 2.25. The molecule has 0 radical (unpaired) electrons. The molecule has 1 fully saturated rings. The molecule has 0 spiro atoms. The van der Waals surface area contributed by atoms with Gasteiger partial charge in [-0.05, 0) is 6.92 Å².